The molecule has 0 amide bonds. The SMILES string of the molecule is COc1ccc(-c2c(C)c3cc(OCc4ccccc4)ccc3n2Cc2ccc(CCNC(C)C)cc2)cc1. The summed E-state index contributed by atoms with van der Waals surface area (Å²) in [5.74, 6) is 1.74. The van der Waals surface area contributed by atoms with Crippen molar-refractivity contribution in [2.45, 2.75) is 46.4 Å². The number of nitrogens with one attached hydrogen (secondary N) is 1. The van der Waals surface area contributed by atoms with Gasteiger partial charge in [0, 0.05) is 23.5 Å². The number of hydrogen-bond donors (Lipinski definition) is 1. The summed E-state index contributed by atoms with van der Waals surface area (Å²) in [6, 6.07) is 34.7. The van der Waals surface area contributed by atoms with Crippen molar-refractivity contribution in [1.29, 1.82) is 0 Å². The second-order valence-electron chi connectivity index (χ2n) is 10.4. The van der Waals surface area contributed by atoms with E-state index in [1.807, 2.05) is 30.3 Å². The lowest BCUT2D eigenvalue weighted by Crippen LogP contribution is -2.24. The standard InChI is InChI=1S/C35H38N2O2/c1-25(2)36-21-20-27-10-12-28(13-11-27)23-37-34-19-18-32(39-24-29-8-6-5-7-9-29)22-33(34)26(3)35(37)30-14-16-31(38-4)17-15-30/h5-19,22,25,36H,20-21,23-24H2,1-4H3. The van der Waals surface area contributed by atoms with Crippen LogP contribution in [0.2, 0.25) is 0 Å². The van der Waals surface area contributed by atoms with Crippen LogP contribution in [-0.2, 0) is 19.6 Å². The first-order chi connectivity index (χ1) is 19.0. The largest absolute Gasteiger partial charge is 0.497 e. The molecule has 1 N–H and O–H groups in total. The number of nitrogens with zero attached hydrogens (tertiary/aromatic N) is 1. The van der Waals surface area contributed by atoms with Crippen molar-refractivity contribution in [2.75, 3.05) is 13.7 Å². The topological polar surface area (TPSA) is 35.4 Å². The summed E-state index contributed by atoms with van der Waals surface area (Å²) in [5, 5.41) is 4.72. The molecule has 5 rings (SSSR count). The second kappa shape index (κ2) is 12.2. The lowest BCUT2D eigenvalue weighted by molar-refractivity contribution is 0.306. The van der Waals surface area contributed by atoms with Gasteiger partial charge in [0.25, 0.3) is 0 Å². The van der Waals surface area contributed by atoms with Crippen molar-refractivity contribution in [3.8, 4) is 22.8 Å². The van der Waals surface area contributed by atoms with Crippen molar-refractivity contribution >= 4 is 10.9 Å². The molecule has 0 aliphatic rings. The van der Waals surface area contributed by atoms with Crippen LogP contribution < -0.4 is 14.8 Å². The Morgan fingerprint density at radius 3 is 2.15 bits per heavy atom. The van der Waals surface area contributed by atoms with Gasteiger partial charge >= 0.3 is 0 Å². The molecule has 4 heteroatoms. The quantitative estimate of drug-likeness (QED) is 0.194. The minimum atomic E-state index is 0.509. The van der Waals surface area contributed by atoms with Gasteiger partial charge in [0.2, 0.25) is 0 Å². The van der Waals surface area contributed by atoms with Crippen molar-refractivity contribution in [2.24, 2.45) is 0 Å². The molecular weight excluding hydrogens is 480 g/mol. The molecule has 4 nitrogen and oxygen atoms in total. The fourth-order valence-corrected chi connectivity index (χ4v) is 5.12. The third-order valence-corrected chi connectivity index (χ3v) is 7.23. The van der Waals surface area contributed by atoms with E-state index >= 15 is 0 Å². The molecule has 0 saturated heterocycles. The fraction of sp³-hybridized carbons (Fsp3) is 0.257. The summed E-state index contributed by atoms with van der Waals surface area (Å²) in [5.41, 5.74) is 8.65. The Morgan fingerprint density at radius 2 is 1.46 bits per heavy atom. The Bertz CT molecular complexity index is 1500. The molecule has 4 aromatic carbocycles. The van der Waals surface area contributed by atoms with Gasteiger partial charge in [-0.05, 0) is 90.2 Å². The van der Waals surface area contributed by atoms with Crippen LogP contribution in [0.15, 0.2) is 97.1 Å². The minimum Gasteiger partial charge on any atom is -0.497 e. The van der Waals surface area contributed by atoms with Crippen LogP contribution in [0, 0.1) is 6.92 Å². The Hall–Kier alpha value is -4.02. The van der Waals surface area contributed by atoms with E-state index in [0.717, 1.165) is 36.6 Å². The molecule has 0 unspecified atom stereocenters. The Balaban J connectivity index is 1.47. The molecule has 200 valence electrons. The molecule has 0 bridgehead atoms. The zero-order valence-corrected chi connectivity index (χ0v) is 23.4. The van der Waals surface area contributed by atoms with Gasteiger partial charge in [0.15, 0.2) is 0 Å². The number of ether oxygens (including phenoxy) is 2. The summed E-state index contributed by atoms with van der Waals surface area (Å²) < 4.78 is 14.0. The van der Waals surface area contributed by atoms with Gasteiger partial charge in [-0.25, -0.2) is 0 Å². The first-order valence-electron chi connectivity index (χ1n) is 13.8. The molecule has 0 spiro atoms. The first-order valence-corrected chi connectivity index (χ1v) is 13.8. The predicted molar refractivity (Wildman–Crippen MR) is 162 cm³/mol. The number of aromatic nitrogens is 1. The van der Waals surface area contributed by atoms with Crippen LogP contribution in [-0.4, -0.2) is 24.3 Å². The maximum atomic E-state index is 6.19. The minimum absolute atomic E-state index is 0.509. The molecule has 39 heavy (non-hydrogen) atoms. The van der Waals surface area contributed by atoms with Crippen molar-refractivity contribution < 1.29 is 9.47 Å². The predicted octanol–water partition coefficient (Wildman–Crippen LogP) is 7.79. The van der Waals surface area contributed by atoms with Gasteiger partial charge in [-0.2, -0.15) is 0 Å². The monoisotopic (exact) mass is 518 g/mol. The van der Waals surface area contributed by atoms with Crippen LogP contribution in [0.5, 0.6) is 11.5 Å². The highest BCUT2D eigenvalue weighted by Gasteiger charge is 2.17. The highest BCUT2D eigenvalue weighted by Crippen LogP contribution is 2.36. The van der Waals surface area contributed by atoms with Gasteiger partial charge in [0.1, 0.15) is 18.1 Å². The Morgan fingerprint density at radius 1 is 0.769 bits per heavy atom. The van der Waals surface area contributed by atoms with Crippen molar-refractivity contribution in [1.82, 2.24) is 9.88 Å². The van der Waals surface area contributed by atoms with Gasteiger partial charge in [0.05, 0.1) is 12.8 Å². The van der Waals surface area contributed by atoms with Gasteiger partial charge in [-0.3, -0.25) is 0 Å². The van der Waals surface area contributed by atoms with Gasteiger partial charge in [-0.1, -0.05) is 68.4 Å². The van der Waals surface area contributed by atoms with Crippen LogP contribution in [0.4, 0.5) is 0 Å². The second-order valence-corrected chi connectivity index (χ2v) is 10.4. The first kappa shape index (κ1) is 26.6. The smallest absolute Gasteiger partial charge is 0.120 e. The van der Waals surface area contributed by atoms with Gasteiger partial charge in [-0.15, -0.1) is 0 Å². The summed E-state index contributed by atoms with van der Waals surface area (Å²) >= 11 is 0. The van der Waals surface area contributed by atoms with E-state index in [4.69, 9.17) is 9.47 Å². The van der Waals surface area contributed by atoms with E-state index < -0.39 is 0 Å². The summed E-state index contributed by atoms with van der Waals surface area (Å²) in [7, 11) is 1.71. The molecule has 0 fully saturated rings. The Labute approximate surface area is 232 Å². The van der Waals surface area contributed by atoms with Crippen LogP contribution in [0.25, 0.3) is 22.2 Å². The fourth-order valence-electron chi connectivity index (χ4n) is 5.12. The molecule has 1 aromatic heterocycles. The number of methoxy groups -OCH3 is 1. The lowest BCUT2D eigenvalue weighted by atomic mass is 10.1. The van der Waals surface area contributed by atoms with Crippen LogP contribution in [0.3, 0.4) is 0 Å². The van der Waals surface area contributed by atoms with E-state index in [9.17, 15) is 0 Å². The zero-order chi connectivity index (χ0) is 27.2. The number of benzene rings is 4. The highest BCUT2D eigenvalue weighted by atomic mass is 16.5. The zero-order valence-electron chi connectivity index (χ0n) is 23.4. The van der Waals surface area contributed by atoms with Gasteiger partial charge < -0.3 is 19.4 Å². The molecule has 0 aliphatic carbocycles. The summed E-state index contributed by atoms with van der Waals surface area (Å²) in [6.07, 6.45) is 1.03. The Kier molecular flexibility index (Phi) is 8.33. The van der Waals surface area contributed by atoms with Crippen molar-refractivity contribution in [3.63, 3.8) is 0 Å². The maximum absolute atomic E-state index is 6.19. The highest BCUT2D eigenvalue weighted by molar-refractivity contribution is 5.92. The lowest BCUT2D eigenvalue weighted by Gasteiger charge is -2.14. The molecule has 0 saturated carbocycles. The number of rotatable bonds is 11. The van der Waals surface area contributed by atoms with Crippen LogP contribution >= 0.6 is 0 Å². The molecular formula is C35H38N2O2. The molecule has 5 aromatic rings. The van der Waals surface area contributed by atoms with E-state index in [2.05, 4.69) is 97.4 Å². The molecule has 0 atom stereocenters. The molecule has 0 aliphatic heterocycles. The van der Waals surface area contributed by atoms with Crippen molar-refractivity contribution in [3.05, 3.63) is 119 Å². The van der Waals surface area contributed by atoms with E-state index in [1.165, 1.54) is 38.9 Å². The number of fused-ring (bicyclic) bond motifs is 1. The third kappa shape index (κ3) is 6.35. The average Bonchev–Trinajstić information content (AvgIpc) is 3.23. The van der Waals surface area contributed by atoms with E-state index in [0.29, 0.717) is 12.6 Å². The van der Waals surface area contributed by atoms with E-state index in [-0.39, 0.29) is 0 Å². The molecule has 1 heterocycles. The summed E-state index contributed by atoms with van der Waals surface area (Å²) in [6.45, 7) is 8.92. The van der Waals surface area contributed by atoms with E-state index in [1.54, 1.807) is 7.11 Å². The number of aryl methyl sites for hydroxylation is 1. The normalized spacial score (nSPS) is 11.3. The van der Waals surface area contributed by atoms with Crippen LogP contribution in [0.1, 0.15) is 36.1 Å². The summed E-state index contributed by atoms with van der Waals surface area (Å²) in [4.78, 5) is 0. The third-order valence-electron chi connectivity index (χ3n) is 7.23. The molecule has 0 radical (unpaired) electrons. The number of hydrogen-bond acceptors (Lipinski definition) is 3. The average molecular weight is 519 g/mol. The maximum Gasteiger partial charge on any atom is 0.120 e.